The van der Waals surface area contributed by atoms with Gasteiger partial charge in [0.1, 0.15) is 34.9 Å². The van der Waals surface area contributed by atoms with Gasteiger partial charge in [0.2, 0.25) is 5.91 Å². The lowest BCUT2D eigenvalue weighted by Crippen LogP contribution is -2.49. The van der Waals surface area contributed by atoms with Gasteiger partial charge in [-0.2, -0.15) is 0 Å². The lowest BCUT2D eigenvalue weighted by Gasteiger charge is -2.24. The van der Waals surface area contributed by atoms with Crippen molar-refractivity contribution >= 4 is 35.5 Å². The van der Waals surface area contributed by atoms with Crippen molar-refractivity contribution < 1.29 is 42.6 Å². The highest BCUT2D eigenvalue weighted by Crippen LogP contribution is 2.29. The number of carbonyl (C=O) groups is 4. The van der Waals surface area contributed by atoms with Gasteiger partial charge in [-0.1, -0.05) is 16.4 Å². The number of nitrogens with one attached hydrogen (secondary N) is 2. The van der Waals surface area contributed by atoms with E-state index < -0.39 is 59.3 Å². The lowest BCUT2D eigenvalue weighted by atomic mass is 10.0. The molecule has 0 radical (unpaired) electrons. The van der Waals surface area contributed by atoms with Crippen molar-refractivity contribution in [2.75, 3.05) is 18.0 Å². The molecular weight excluding hydrogens is 679 g/mol. The molecule has 1 aromatic carbocycles. The maximum absolute atomic E-state index is 15.3. The van der Waals surface area contributed by atoms with Crippen molar-refractivity contribution in [1.29, 1.82) is 0 Å². The fourth-order valence-electron chi connectivity index (χ4n) is 5.40. The van der Waals surface area contributed by atoms with Crippen molar-refractivity contribution in [3.63, 3.8) is 0 Å². The summed E-state index contributed by atoms with van der Waals surface area (Å²) in [6, 6.07) is 6.82. The topological polar surface area (TPSA) is 188 Å². The number of pyridine rings is 1. The van der Waals surface area contributed by atoms with E-state index in [1.54, 1.807) is 76.7 Å². The Hall–Kier alpha value is -5.61. The van der Waals surface area contributed by atoms with Crippen molar-refractivity contribution in [1.82, 2.24) is 30.6 Å². The number of hydrogen-bond acceptors (Lipinski definition) is 12. The third-order valence-corrected chi connectivity index (χ3v) is 7.67. The minimum atomic E-state index is -1.07. The Labute approximate surface area is 300 Å². The molecule has 0 spiro atoms. The average molecular weight is 723 g/mol. The van der Waals surface area contributed by atoms with Gasteiger partial charge in [-0.05, 0) is 72.2 Å². The van der Waals surface area contributed by atoms with Crippen LogP contribution >= 0.6 is 0 Å². The fraction of sp³-hybridized carbons (Fsp3) is 0.486. The summed E-state index contributed by atoms with van der Waals surface area (Å²) in [5.74, 6) is -1.58. The number of amides is 3. The minimum Gasteiger partial charge on any atom is -0.460 e. The van der Waals surface area contributed by atoms with Crippen LogP contribution in [0.5, 0.6) is 0 Å². The Morgan fingerprint density at radius 3 is 2.48 bits per heavy atom. The molecule has 0 bridgehead atoms. The SMILES string of the molecule is CC(C)(C)OC(=O)CC[C@H](NC(=O)OC(C)(C)C)C(=O)NC[C@@H]1CC(c2ccc(-c3ccc(N4C[C@H](Cn5ccnn5)OC4=O)cc3F)cn2)=NO1. The van der Waals surface area contributed by atoms with Crippen LogP contribution < -0.4 is 15.5 Å². The van der Waals surface area contributed by atoms with E-state index in [2.05, 4.69) is 31.1 Å². The summed E-state index contributed by atoms with van der Waals surface area (Å²) in [6.07, 6.45) is 2.57. The number of nitrogens with zero attached hydrogens (tertiary/aromatic N) is 6. The van der Waals surface area contributed by atoms with Crippen LogP contribution in [0.15, 0.2) is 54.1 Å². The Morgan fingerprint density at radius 1 is 1.06 bits per heavy atom. The summed E-state index contributed by atoms with van der Waals surface area (Å²) in [6.45, 7) is 10.9. The highest BCUT2D eigenvalue weighted by molar-refractivity contribution is 6.00. The number of hydrogen-bond donors (Lipinski definition) is 2. The molecule has 2 aromatic heterocycles. The van der Waals surface area contributed by atoms with Crippen LogP contribution in [0.1, 0.15) is 66.5 Å². The number of esters is 1. The molecule has 278 valence electrons. The first kappa shape index (κ1) is 37.6. The van der Waals surface area contributed by atoms with E-state index in [0.29, 0.717) is 41.2 Å². The summed E-state index contributed by atoms with van der Waals surface area (Å²) < 4.78 is 32.9. The van der Waals surface area contributed by atoms with Gasteiger partial charge in [-0.25, -0.2) is 18.7 Å². The van der Waals surface area contributed by atoms with Crippen LogP contribution in [0.3, 0.4) is 0 Å². The standard InChI is InChI=1S/C35H43FN8O8/c1-34(2,3)50-30(45)12-11-28(40-32(47)51-35(4,5)6)31(46)38-18-23-16-29(41-52-23)27-10-7-21(17-37-27)25-9-8-22(15-26(25)36)44-20-24(49-33(44)48)19-43-14-13-39-42-43/h7-10,13-15,17,23-24,28H,11-12,16,18-20H2,1-6H3,(H,38,46)(H,40,47)/t23-,24-,28-/m0/s1. The maximum Gasteiger partial charge on any atom is 0.414 e. The number of anilines is 1. The third kappa shape index (κ3) is 10.5. The van der Waals surface area contributed by atoms with Crippen LogP contribution in [0, 0.1) is 5.82 Å². The van der Waals surface area contributed by atoms with E-state index in [1.165, 1.54) is 23.4 Å². The number of halogens is 1. The number of benzene rings is 1. The molecule has 2 aliphatic heterocycles. The second kappa shape index (κ2) is 15.7. The molecule has 3 atom stereocenters. The molecule has 17 heteroatoms. The minimum absolute atomic E-state index is 0.0109. The molecule has 5 rings (SSSR count). The van der Waals surface area contributed by atoms with Gasteiger partial charge in [0.05, 0.1) is 37.2 Å². The van der Waals surface area contributed by atoms with Crippen molar-refractivity contribution in [3.8, 4) is 11.1 Å². The highest BCUT2D eigenvalue weighted by atomic mass is 19.1. The summed E-state index contributed by atoms with van der Waals surface area (Å²) in [7, 11) is 0. The molecule has 1 saturated heterocycles. The summed E-state index contributed by atoms with van der Waals surface area (Å²) in [5, 5.41) is 17.0. The number of ether oxygens (including phenoxy) is 3. The molecule has 0 saturated carbocycles. The van der Waals surface area contributed by atoms with Crippen LogP contribution in [-0.4, -0.2) is 92.3 Å². The predicted molar refractivity (Wildman–Crippen MR) is 185 cm³/mol. The smallest absolute Gasteiger partial charge is 0.414 e. The van der Waals surface area contributed by atoms with Gasteiger partial charge in [0.15, 0.2) is 6.10 Å². The normalized spacial score (nSPS) is 17.9. The third-order valence-electron chi connectivity index (χ3n) is 7.67. The molecule has 1 fully saturated rings. The molecule has 2 N–H and O–H groups in total. The summed E-state index contributed by atoms with van der Waals surface area (Å²) >= 11 is 0. The largest absolute Gasteiger partial charge is 0.460 e. The van der Waals surface area contributed by atoms with Crippen molar-refractivity contribution in [2.45, 2.75) is 96.8 Å². The quantitative estimate of drug-likeness (QED) is 0.202. The van der Waals surface area contributed by atoms with Crippen molar-refractivity contribution in [3.05, 3.63) is 60.4 Å². The number of alkyl carbamates (subject to hydrolysis) is 1. The Morgan fingerprint density at radius 2 is 1.83 bits per heavy atom. The highest BCUT2D eigenvalue weighted by Gasteiger charge is 2.33. The van der Waals surface area contributed by atoms with E-state index in [1.807, 2.05) is 0 Å². The van der Waals surface area contributed by atoms with E-state index >= 15 is 4.39 Å². The lowest BCUT2D eigenvalue weighted by molar-refractivity contribution is -0.155. The molecule has 3 aromatic rings. The van der Waals surface area contributed by atoms with Gasteiger partial charge in [0.25, 0.3) is 0 Å². The first-order chi connectivity index (χ1) is 24.5. The molecule has 16 nitrogen and oxygen atoms in total. The second-order valence-electron chi connectivity index (χ2n) is 14.4. The molecular formula is C35H43FN8O8. The van der Waals surface area contributed by atoms with E-state index in [4.69, 9.17) is 19.0 Å². The zero-order valence-corrected chi connectivity index (χ0v) is 29.9. The van der Waals surface area contributed by atoms with Crippen LogP contribution in [-0.2, 0) is 35.2 Å². The zero-order valence-electron chi connectivity index (χ0n) is 29.9. The Bertz CT molecular complexity index is 1790. The monoisotopic (exact) mass is 722 g/mol. The van der Waals surface area contributed by atoms with Crippen LogP contribution in [0.2, 0.25) is 0 Å². The predicted octanol–water partition coefficient (Wildman–Crippen LogP) is 4.13. The van der Waals surface area contributed by atoms with Gasteiger partial charge >= 0.3 is 18.2 Å². The second-order valence-corrected chi connectivity index (χ2v) is 14.4. The molecule has 4 heterocycles. The van der Waals surface area contributed by atoms with Gasteiger partial charge in [0, 0.05) is 36.4 Å². The molecule has 3 amide bonds. The zero-order chi connectivity index (χ0) is 37.6. The fourth-order valence-corrected chi connectivity index (χ4v) is 5.40. The number of cyclic esters (lactones) is 1. The number of oxime groups is 1. The molecule has 0 unspecified atom stereocenters. The summed E-state index contributed by atoms with van der Waals surface area (Å²) in [5.41, 5.74) is 0.724. The van der Waals surface area contributed by atoms with E-state index in [-0.39, 0.29) is 25.9 Å². The maximum atomic E-state index is 15.3. The van der Waals surface area contributed by atoms with Gasteiger partial charge in [-0.3, -0.25) is 19.5 Å². The number of aromatic nitrogens is 4. The number of carbonyl (C=O) groups excluding carboxylic acids is 4. The van der Waals surface area contributed by atoms with Gasteiger partial charge < -0.3 is 29.7 Å². The van der Waals surface area contributed by atoms with Gasteiger partial charge in [-0.15, -0.1) is 5.10 Å². The Balaban J connectivity index is 1.14. The summed E-state index contributed by atoms with van der Waals surface area (Å²) in [4.78, 5) is 61.7. The Kier molecular flexibility index (Phi) is 11.4. The number of rotatable bonds is 12. The first-order valence-corrected chi connectivity index (χ1v) is 16.8. The molecule has 0 aliphatic carbocycles. The van der Waals surface area contributed by atoms with Crippen molar-refractivity contribution in [2.24, 2.45) is 5.16 Å². The first-order valence-electron chi connectivity index (χ1n) is 16.8. The van der Waals surface area contributed by atoms with Crippen LogP contribution in [0.25, 0.3) is 11.1 Å². The molecule has 52 heavy (non-hydrogen) atoms. The van der Waals surface area contributed by atoms with E-state index in [9.17, 15) is 19.2 Å². The molecule has 2 aliphatic rings. The average Bonchev–Trinajstić information content (AvgIpc) is 3.82. The van der Waals surface area contributed by atoms with Crippen LogP contribution in [0.4, 0.5) is 19.7 Å². The van der Waals surface area contributed by atoms with E-state index in [0.717, 1.165) is 0 Å².